The van der Waals surface area contributed by atoms with Gasteiger partial charge in [0.1, 0.15) is 5.82 Å². The number of hydrogen-bond acceptors (Lipinski definition) is 3. The van der Waals surface area contributed by atoms with Gasteiger partial charge >= 0.3 is 0 Å². The molecule has 0 saturated heterocycles. The largest absolute Gasteiger partial charge is 0.378 e. The van der Waals surface area contributed by atoms with Gasteiger partial charge in [-0.25, -0.2) is 4.39 Å². The SMILES string of the molecule is CCCCCN(C)c1cc2c(cc1F)C(O)C(=O)N2. The number of carbonyl (C=O) groups excluding carboxylic acids is 1. The Kier molecular flexibility index (Phi) is 4.04. The third-order valence-electron chi connectivity index (χ3n) is 3.43. The van der Waals surface area contributed by atoms with Crippen molar-refractivity contribution in [3.05, 3.63) is 23.5 Å². The van der Waals surface area contributed by atoms with Gasteiger partial charge in [-0.05, 0) is 18.6 Å². The molecule has 0 aromatic heterocycles. The number of rotatable bonds is 5. The fourth-order valence-corrected chi connectivity index (χ4v) is 2.27. The molecule has 1 atom stereocenters. The Balaban J connectivity index is 2.19. The van der Waals surface area contributed by atoms with E-state index in [0.29, 0.717) is 16.9 Å². The van der Waals surface area contributed by atoms with Crippen LogP contribution < -0.4 is 10.2 Å². The Morgan fingerprint density at radius 2 is 2.16 bits per heavy atom. The lowest BCUT2D eigenvalue weighted by atomic mass is 10.1. The van der Waals surface area contributed by atoms with Crippen LogP contribution in [0.15, 0.2) is 12.1 Å². The lowest BCUT2D eigenvalue weighted by Gasteiger charge is -2.20. The van der Waals surface area contributed by atoms with E-state index in [0.717, 1.165) is 25.8 Å². The molecule has 19 heavy (non-hydrogen) atoms. The van der Waals surface area contributed by atoms with E-state index in [1.165, 1.54) is 6.07 Å². The summed E-state index contributed by atoms with van der Waals surface area (Å²) in [5.74, 6) is -0.909. The first-order valence-corrected chi connectivity index (χ1v) is 6.58. The van der Waals surface area contributed by atoms with Gasteiger partial charge < -0.3 is 15.3 Å². The summed E-state index contributed by atoms with van der Waals surface area (Å²) in [7, 11) is 1.83. The first kappa shape index (κ1) is 13.8. The molecule has 0 radical (unpaired) electrons. The molecule has 2 N–H and O–H groups in total. The maximum Gasteiger partial charge on any atom is 0.257 e. The van der Waals surface area contributed by atoms with Crippen LogP contribution in [-0.4, -0.2) is 24.6 Å². The lowest BCUT2D eigenvalue weighted by molar-refractivity contribution is -0.123. The monoisotopic (exact) mass is 266 g/mol. The van der Waals surface area contributed by atoms with Gasteiger partial charge in [-0.2, -0.15) is 0 Å². The molecule has 0 fully saturated rings. The third-order valence-corrected chi connectivity index (χ3v) is 3.43. The number of carbonyl (C=O) groups is 1. The van der Waals surface area contributed by atoms with Gasteiger partial charge in [0.25, 0.3) is 5.91 Å². The van der Waals surface area contributed by atoms with Gasteiger partial charge in [0, 0.05) is 24.8 Å². The minimum atomic E-state index is -1.26. The molecular formula is C14H19FN2O2. The zero-order chi connectivity index (χ0) is 14.0. The fourth-order valence-electron chi connectivity index (χ4n) is 2.27. The van der Waals surface area contributed by atoms with E-state index in [4.69, 9.17) is 0 Å². The van der Waals surface area contributed by atoms with Crippen LogP contribution in [0.25, 0.3) is 0 Å². The van der Waals surface area contributed by atoms with Crippen molar-refractivity contribution in [1.29, 1.82) is 0 Å². The summed E-state index contributed by atoms with van der Waals surface area (Å²) in [5, 5.41) is 12.1. The smallest absolute Gasteiger partial charge is 0.257 e. The van der Waals surface area contributed by atoms with Crippen LogP contribution in [-0.2, 0) is 4.79 Å². The molecule has 1 aliphatic rings. The molecule has 0 aliphatic carbocycles. The van der Waals surface area contributed by atoms with Crippen LogP contribution >= 0.6 is 0 Å². The summed E-state index contributed by atoms with van der Waals surface area (Å²) >= 11 is 0. The Morgan fingerprint density at radius 3 is 2.84 bits per heavy atom. The normalized spacial score (nSPS) is 17.3. The molecular weight excluding hydrogens is 247 g/mol. The first-order chi connectivity index (χ1) is 9.04. The number of nitrogens with zero attached hydrogens (tertiary/aromatic N) is 1. The summed E-state index contributed by atoms with van der Waals surface area (Å²) < 4.78 is 14.0. The van der Waals surface area contributed by atoms with Gasteiger partial charge in [-0.15, -0.1) is 0 Å². The molecule has 1 aromatic carbocycles. The van der Waals surface area contributed by atoms with E-state index in [9.17, 15) is 14.3 Å². The number of anilines is 2. The molecule has 0 spiro atoms. The quantitative estimate of drug-likeness (QED) is 0.805. The zero-order valence-corrected chi connectivity index (χ0v) is 11.2. The molecule has 1 aliphatic heterocycles. The van der Waals surface area contributed by atoms with E-state index < -0.39 is 17.8 Å². The van der Waals surface area contributed by atoms with Crippen molar-refractivity contribution in [1.82, 2.24) is 0 Å². The molecule has 0 bridgehead atoms. The van der Waals surface area contributed by atoms with Gasteiger partial charge in [0.2, 0.25) is 0 Å². The minimum Gasteiger partial charge on any atom is -0.378 e. The number of benzene rings is 1. The number of aliphatic hydroxyl groups excluding tert-OH is 1. The van der Waals surface area contributed by atoms with Gasteiger partial charge in [0.15, 0.2) is 6.10 Å². The number of hydrogen-bond donors (Lipinski definition) is 2. The van der Waals surface area contributed by atoms with Crippen molar-refractivity contribution in [3.8, 4) is 0 Å². The highest BCUT2D eigenvalue weighted by Crippen LogP contribution is 2.35. The van der Waals surface area contributed by atoms with Gasteiger partial charge in [0.05, 0.1) is 5.69 Å². The van der Waals surface area contributed by atoms with Crippen LogP contribution in [0.2, 0.25) is 0 Å². The van der Waals surface area contributed by atoms with Crippen molar-refractivity contribution in [2.75, 3.05) is 23.8 Å². The van der Waals surface area contributed by atoms with Gasteiger partial charge in [-0.1, -0.05) is 19.8 Å². The lowest BCUT2D eigenvalue weighted by Crippen LogP contribution is -2.19. The maximum atomic E-state index is 14.0. The van der Waals surface area contributed by atoms with Crippen molar-refractivity contribution < 1.29 is 14.3 Å². The molecule has 5 heteroatoms. The maximum absolute atomic E-state index is 14.0. The molecule has 1 amide bonds. The standard InChI is InChI=1S/C14H19FN2O2/c1-3-4-5-6-17(2)12-8-11-9(7-10(12)15)13(18)14(19)16-11/h7-8,13,18H,3-6H2,1-2H3,(H,16,19). The predicted octanol–water partition coefficient (Wildman–Crippen LogP) is 2.44. The Labute approximate surface area is 112 Å². The number of unbranched alkanes of at least 4 members (excludes halogenated alkanes) is 2. The third kappa shape index (κ3) is 2.71. The van der Waals surface area contributed by atoms with Crippen molar-refractivity contribution >= 4 is 17.3 Å². The van der Waals surface area contributed by atoms with Crippen LogP contribution in [0.4, 0.5) is 15.8 Å². The average molecular weight is 266 g/mol. The highest BCUT2D eigenvalue weighted by atomic mass is 19.1. The highest BCUT2D eigenvalue weighted by Gasteiger charge is 2.30. The van der Waals surface area contributed by atoms with Crippen LogP contribution in [0, 0.1) is 5.82 Å². The Bertz CT molecular complexity index is 491. The average Bonchev–Trinajstić information content (AvgIpc) is 2.65. The molecule has 104 valence electrons. The van der Waals surface area contributed by atoms with E-state index in [1.807, 2.05) is 11.9 Å². The second-order valence-corrected chi connectivity index (χ2v) is 4.91. The van der Waals surface area contributed by atoms with E-state index >= 15 is 0 Å². The fraction of sp³-hybridized carbons (Fsp3) is 0.500. The predicted molar refractivity (Wildman–Crippen MR) is 72.8 cm³/mol. The number of halogens is 1. The van der Waals surface area contributed by atoms with Crippen molar-refractivity contribution in [2.24, 2.45) is 0 Å². The summed E-state index contributed by atoms with van der Waals surface area (Å²) in [6, 6.07) is 2.83. The first-order valence-electron chi connectivity index (χ1n) is 6.58. The molecule has 2 rings (SSSR count). The van der Waals surface area contributed by atoms with Gasteiger partial charge in [-0.3, -0.25) is 4.79 Å². The number of fused-ring (bicyclic) bond motifs is 1. The molecule has 1 aromatic rings. The number of aliphatic hydroxyl groups is 1. The summed E-state index contributed by atoms with van der Waals surface area (Å²) in [6.45, 7) is 2.88. The van der Waals surface area contributed by atoms with Crippen molar-refractivity contribution in [2.45, 2.75) is 32.3 Å². The van der Waals surface area contributed by atoms with Crippen LogP contribution in [0.3, 0.4) is 0 Å². The molecule has 0 saturated carbocycles. The summed E-state index contributed by atoms with van der Waals surface area (Å²) in [4.78, 5) is 13.2. The molecule has 4 nitrogen and oxygen atoms in total. The topological polar surface area (TPSA) is 52.6 Å². The molecule has 1 unspecified atom stereocenters. The minimum absolute atomic E-state index is 0.313. The molecule has 1 heterocycles. The summed E-state index contributed by atoms with van der Waals surface area (Å²) in [5.41, 5.74) is 1.26. The second kappa shape index (κ2) is 5.57. The van der Waals surface area contributed by atoms with Crippen molar-refractivity contribution in [3.63, 3.8) is 0 Å². The van der Waals surface area contributed by atoms with Crippen LogP contribution in [0.5, 0.6) is 0 Å². The Hall–Kier alpha value is -1.62. The highest BCUT2D eigenvalue weighted by molar-refractivity contribution is 6.02. The van der Waals surface area contributed by atoms with Crippen LogP contribution in [0.1, 0.15) is 37.9 Å². The van der Waals surface area contributed by atoms with E-state index in [-0.39, 0.29) is 0 Å². The van der Waals surface area contributed by atoms with E-state index in [1.54, 1.807) is 6.07 Å². The zero-order valence-electron chi connectivity index (χ0n) is 11.2. The number of nitrogens with one attached hydrogen (secondary N) is 1. The van der Waals surface area contributed by atoms with E-state index in [2.05, 4.69) is 12.2 Å². The second-order valence-electron chi connectivity index (χ2n) is 4.91. The summed E-state index contributed by atoms with van der Waals surface area (Å²) in [6.07, 6.45) is 1.96. The number of amides is 1. The Morgan fingerprint density at radius 1 is 1.42 bits per heavy atom.